The van der Waals surface area contributed by atoms with Gasteiger partial charge in [0.2, 0.25) is 6.29 Å². The van der Waals surface area contributed by atoms with Gasteiger partial charge in [-0.3, -0.25) is 9.59 Å². The van der Waals surface area contributed by atoms with Gasteiger partial charge in [0.15, 0.2) is 5.78 Å². The fourth-order valence-electron chi connectivity index (χ4n) is 2.08. The number of hydrogen-bond donors (Lipinski definition) is 0. The van der Waals surface area contributed by atoms with Crippen molar-refractivity contribution in [2.45, 2.75) is 19.8 Å². The third kappa shape index (κ3) is 4.29. The summed E-state index contributed by atoms with van der Waals surface area (Å²) in [6, 6.07) is 12.6. The summed E-state index contributed by atoms with van der Waals surface area (Å²) in [6.07, 6.45) is 2.50. The van der Waals surface area contributed by atoms with E-state index >= 15 is 0 Å². The minimum atomic E-state index is -0.862. The van der Waals surface area contributed by atoms with Crippen LogP contribution < -0.4 is 4.74 Å². The summed E-state index contributed by atoms with van der Waals surface area (Å²) in [5.41, 5.74) is 0.526. The highest BCUT2D eigenvalue weighted by Crippen LogP contribution is 2.23. The van der Waals surface area contributed by atoms with Crippen LogP contribution in [0.25, 0.3) is 0 Å². The van der Waals surface area contributed by atoms with Gasteiger partial charge in [-0.1, -0.05) is 49.7 Å². The van der Waals surface area contributed by atoms with Crippen molar-refractivity contribution in [3.63, 3.8) is 0 Å². The molecular weight excluding hydrogens is 308 g/mol. The molecule has 0 aromatic heterocycles. The first-order chi connectivity index (χ1) is 11.7. The summed E-state index contributed by atoms with van der Waals surface area (Å²) in [4.78, 5) is 35.4. The number of para-hydroxylation sites is 1. The molecule has 0 aliphatic carbocycles. The number of ketones is 1. The van der Waals surface area contributed by atoms with Gasteiger partial charge >= 0.3 is 6.16 Å². The minimum Gasteiger partial charge on any atom is -0.434 e. The topological polar surface area (TPSA) is 69.7 Å². The van der Waals surface area contributed by atoms with E-state index in [4.69, 9.17) is 9.47 Å². The van der Waals surface area contributed by atoms with E-state index in [2.05, 4.69) is 0 Å². The molecule has 5 heteroatoms. The van der Waals surface area contributed by atoms with Crippen LogP contribution in [0.15, 0.2) is 48.5 Å². The summed E-state index contributed by atoms with van der Waals surface area (Å²) < 4.78 is 10.1. The van der Waals surface area contributed by atoms with E-state index in [1.807, 2.05) is 6.92 Å². The maximum Gasteiger partial charge on any atom is 0.513 e. The Morgan fingerprint density at radius 2 is 1.67 bits per heavy atom. The first-order valence-electron chi connectivity index (χ1n) is 7.63. The number of rotatable bonds is 7. The SMILES string of the molecule is CCCCOC(=O)Oc1ccccc1C(=O)c1ccccc1[C]=O. The Kier molecular flexibility index (Phi) is 6.25. The van der Waals surface area contributed by atoms with Crippen molar-refractivity contribution in [1.29, 1.82) is 0 Å². The molecule has 0 spiro atoms. The van der Waals surface area contributed by atoms with Crippen molar-refractivity contribution in [3.05, 3.63) is 65.2 Å². The second kappa shape index (κ2) is 8.62. The van der Waals surface area contributed by atoms with Gasteiger partial charge in [0.1, 0.15) is 5.75 Å². The zero-order valence-corrected chi connectivity index (χ0v) is 13.3. The van der Waals surface area contributed by atoms with Crippen LogP contribution in [0.4, 0.5) is 4.79 Å². The van der Waals surface area contributed by atoms with Gasteiger partial charge in [-0.2, -0.15) is 0 Å². The van der Waals surface area contributed by atoms with Crippen molar-refractivity contribution in [3.8, 4) is 5.75 Å². The van der Waals surface area contributed by atoms with Crippen LogP contribution in [0.2, 0.25) is 0 Å². The van der Waals surface area contributed by atoms with E-state index in [0.717, 1.165) is 12.8 Å². The minimum absolute atomic E-state index is 0.0877. The van der Waals surface area contributed by atoms with E-state index in [0.29, 0.717) is 0 Å². The van der Waals surface area contributed by atoms with E-state index in [9.17, 15) is 14.4 Å². The monoisotopic (exact) mass is 325 g/mol. The van der Waals surface area contributed by atoms with E-state index < -0.39 is 11.9 Å². The Labute approximate surface area is 140 Å². The normalized spacial score (nSPS) is 10.0. The maximum atomic E-state index is 12.7. The fraction of sp³-hybridized carbons (Fsp3) is 0.211. The summed E-state index contributed by atoms with van der Waals surface area (Å²) >= 11 is 0. The molecule has 0 saturated heterocycles. The Balaban J connectivity index is 2.23. The number of unbranched alkanes of at least 4 members (excludes halogenated alkanes) is 1. The third-order valence-corrected chi connectivity index (χ3v) is 3.32. The Bertz CT molecular complexity index is 736. The lowest BCUT2D eigenvalue weighted by Crippen LogP contribution is -2.14. The maximum absolute atomic E-state index is 12.7. The Morgan fingerprint density at radius 3 is 2.38 bits per heavy atom. The molecule has 0 unspecified atom stereocenters. The molecule has 0 amide bonds. The number of ether oxygens (including phenoxy) is 2. The zero-order valence-electron chi connectivity index (χ0n) is 13.3. The number of carbonyl (C=O) groups excluding carboxylic acids is 3. The highest BCUT2D eigenvalue weighted by atomic mass is 16.7. The molecule has 0 atom stereocenters. The molecule has 0 saturated carbocycles. The summed E-state index contributed by atoms with van der Waals surface area (Å²) in [7, 11) is 0. The summed E-state index contributed by atoms with van der Waals surface area (Å²) in [6.45, 7) is 2.23. The van der Waals surface area contributed by atoms with Crippen LogP contribution in [0, 0.1) is 0 Å². The predicted octanol–water partition coefficient (Wildman–Crippen LogP) is 3.69. The van der Waals surface area contributed by atoms with E-state index in [1.165, 1.54) is 24.3 Å². The molecule has 0 heterocycles. The average Bonchev–Trinajstić information content (AvgIpc) is 2.62. The largest absolute Gasteiger partial charge is 0.513 e. The number of carbonyl (C=O) groups is 2. The average molecular weight is 325 g/mol. The Morgan fingerprint density at radius 1 is 1.00 bits per heavy atom. The van der Waals surface area contributed by atoms with Crippen LogP contribution in [0.5, 0.6) is 5.75 Å². The molecule has 0 aliphatic rings. The summed E-state index contributed by atoms with van der Waals surface area (Å²) in [5.74, 6) is -0.337. The number of hydrogen-bond acceptors (Lipinski definition) is 5. The third-order valence-electron chi connectivity index (χ3n) is 3.32. The van der Waals surface area contributed by atoms with Crippen LogP contribution in [0.3, 0.4) is 0 Å². The lowest BCUT2D eigenvalue weighted by Gasteiger charge is -2.10. The van der Waals surface area contributed by atoms with Crippen LogP contribution in [-0.4, -0.2) is 24.8 Å². The molecule has 123 valence electrons. The van der Waals surface area contributed by atoms with Gasteiger partial charge in [-0.15, -0.1) is 0 Å². The van der Waals surface area contributed by atoms with Crippen molar-refractivity contribution < 1.29 is 23.9 Å². The van der Waals surface area contributed by atoms with Gasteiger partial charge in [0, 0.05) is 11.1 Å². The first kappa shape index (κ1) is 17.4. The van der Waals surface area contributed by atoms with E-state index in [-0.39, 0.29) is 29.0 Å². The van der Waals surface area contributed by atoms with Gasteiger partial charge < -0.3 is 9.47 Å². The molecule has 0 aliphatic heterocycles. The molecule has 0 fully saturated rings. The van der Waals surface area contributed by atoms with Crippen molar-refractivity contribution >= 4 is 18.2 Å². The lowest BCUT2D eigenvalue weighted by molar-refractivity contribution is 0.0961. The number of benzene rings is 2. The molecular formula is C19H17O5. The molecule has 0 N–H and O–H groups in total. The second-order valence-electron chi connectivity index (χ2n) is 5.03. The molecule has 24 heavy (non-hydrogen) atoms. The smallest absolute Gasteiger partial charge is 0.434 e. The van der Waals surface area contributed by atoms with Crippen LogP contribution in [-0.2, 0) is 9.53 Å². The van der Waals surface area contributed by atoms with Gasteiger partial charge in [-0.05, 0) is 18.6 Å². The molecule has 5 nitrogen and oxygen atoms in total. The van der Waals surface area contributed by atoms with E-state index in [1.54, 1.807) is 30.6 Å². The summed E-state index contributed by atoms with van der Waals surface area (Å²) in [5, 5.41) is 0. The Hall–Kier alpha value is -2.95. The fourth-order valence-corrected chi connectivity index (χ4v) is 2.08. The molecule has 2 aromatic rings. The zero-order chi connectivity index (χ0) is 17.4. The second-order valence-corrected chi connectivity index (χ2v) is 5.03. The quantitative estimate of drug-likeness (QED) is 0.336. The predicted molar refractivity (Wildman–Crippen MR) is 88.0 cm³/mol. The first-order valence-corrected chi connectivity index (χ1v) is 7.63. The van der Waals surface area contributed by atoms with Gasteiger partial charge in [0.05, 0.1) is 12.2 Å². The van der Waals surface area contributed by atoms with Crippen LogP contribution in [0.1, 0.15) is 41.3 Å². The molecule has 1 radical (unpaired) electrons. The van der Waals surface area contributed by atoms with Gasteiger partial charge in [0.25, 0.3) is 0 Å². The van der Waals surface area contributed by atoms with Crippen molar-refractivity contribution in [2.75, 3.05) is 6.61 Å². The van der Waals surface area contributed by atoms with Gasteiger partial charge in [-0.25, -0.2) is 4.79 Å². The standard InChI is InChI=1S/C19H17O5/c1-2-3-12-23-19(22)24-17-11-7-6-10-16(17)18(21)15-9-5-4-8-14(15)13-20/h4-11H,2-3,12H2,1H3. The molecule has 2 aromatic carbocycles. The molecule has 2 rings (SSSR count). The highest BCUT2D eigenvalue weighted by Gasteiger charge is 2.19. The molecule has 0 bridgehead atoms. The van der Waals surface area contributed by atoms with Crippen molar-refractivity contribution in [1.82, 2.24) is 0 Å². The van der Waals surface area contributed by atoms with Crippen molar-refractivity contribution in [2.24, 2.45) is 0 Å². The highest BCUT2D eigenvalue weighted by molar-refractivity contribution is 6.14. The lowest BCUT2D eigenvalue weighted by atomic mass is 9.98. The van der Waals surface area contributed by atoms with Crippen LogP contribution >= 0.6 is 0 Å².